The molecule has 0 atom stereocenters. The van der Waals surface area contributed by atoms with Crippen molar-refractivity contribution in [2.24, 2.45) is 5.10 Å². The highest BCUT2D eigenvalue weighted by atomic mass is 35.5. The number of carbonyl (C=O) groups is 1. The van der Waals surface area contributed by atoms with Gasteiger partial charge >= 0.3 is 0 Å². The molecular weight excluding hydrogens is 378 g/mol. The maximum Gasteiger partial charge on any atom is 0.272 e. The van der Waals surface area contributed by atoms with Crippen molar-refractivity contribution < 1.29 is 14.3 Å². The summed E-state index contributed by atoms with van der Waals surface area (Å²) >= 11 is 6.15. The normalized spacial score (nSPS) is 10.6. The molecule has 2 aromatic carbocycles. The van der Waals surface area contributed by atoms with E-state index < -0.39 is 0 Å². The van der Waals surface area contributed by atoms with Gasteiger partial charge in [-0.25, -0.2) is 5.43 Å². The van der Waals surface area contributed by atoms with Crippen molar-refractivity contribution in [3.05, 3.63) is 88.7 Å². The van der Waals surface area contributed by atoms with Crippen LogP contribution in [0.2, 0.25) is 5.02 Å². The predicted molar refractivity (Wildman–Crippen MR) is 108 cm³/mol. The summed E-state index contributed by atoms with van der Waals surface area (Å²) in [5.74, 6) is 0.796. The van der Waals surface area contributed by atoms with Crippen LogP contribution in [0.5, 0.6) is 11.5 Å². The molecule has 3 rings (SSSR count). The summed E-state index contributed by atoms with van der Waals surface area (Å²) in [5, 5.41) is 4.61. The summed E-state index contributed by atoms with van der Waals surface area (Å²) in [7, 11) is 1.56. The molecule has 6 nitrogen and oxygen atoms in total. The van der Waals surface area contributed by atoms with E-state index in [1.807, 2.05) is 30.3 Å². The molecule has 0 spiro atoms. The average molecular weight is 396 g/mol. The first-order chi connectivity index (χ1) is 13.7. The van der Waals surface area contributed by atoms with Gasteiger partial charge in [-0.3, -0.25) is 9.78 Å². The zero-order valence-corrected chi connectivity index (χ0v) is 15.9. The van der Waals surface area contributed by atoms with Crippen molar-refractivity contribution >= 4 is 23.7 Å². The Morgan fingerprint density at radius 1 is 1.18 bits per heavy atom. The molecule has 0 bridgehead atoms. The van der Waals surface area contributed by atoms with Crippen LogP contribution in [0.1, 0.15) is 21.5 Å². The van der Waals surface area contributed by atoms with Gasteiger partial charge in [0.25, 0.3) is 5.91 Å². The highest BCUT2D eigenvalue weighted by Crippen LogP contribution is 2.29. The molecule has 1 aromatic heterocycles. The molecule has 0 fully saturated rings. The van der Waals surface area contributed by atoms with Crippen molar-refractivity contribution in [1.29, 1.82) is 0 Å². The first-order valence-corrected chi connectivity index (χ1v) is 8.83. The zero-order valence-electron chi connectivity index (χ0n) is 15.1. The average Bonchev–Trinajstić information content (AvgIpc) is 2.74. The zero-order chi connectivity index (χ0) is 19.8. The van der Waals surface area contributed by atoms with Gasteiger partial charge in [-0.05, 0) is 42.0 Å². The van der Waals surface area contributed by atoms with E-state index in [1.54, 1.807) is 37.6 Å². The minimum Gasteiger partial charge on any atom is -0.493 e. The second kappa shape index (κ2) is 9.53. The number of hydrogen-bond donors (Lipinski definition) is 1. The summed E-state index contributed by atoms with van der Waals surface area (Å²) in [5.41, 5.74) is 4.52. The van der Waals surface area contributed by atoms with Crippen LogP contribution in [-0.2, 0) is 6.61 Å². The van der Waals surface area contributed by atoms with Crippen LogP contribution in [0.15, 0.2) is 72.1 Å². The van der Waals surface area contributed by atoms with Gasteiger partial charge < -0.3 is 9.47 Å². The molecular formula is C21H18ClN3O3. The van der Waals surface area contributed by atoms with Crippen LogP contribution >= 0.6 is 11.6 Å². The lowest BCUT2D eigenvalue weighted by Gasteiger charge is -2.12. The van der Waals surface area contributed by atoms with E-state index in [2.05, 4.69) is 15.5 Å². The third-order valence-electron chi connectivity index (χ3n) is 3.83. The molecule has 0 saturated carbocycles. The first kappa shape index (κ1) is 19.4. The predicted octanol–water partition coefficient (Wildman–Crippen LogP) is 4.09. The van der Waals surface area contributed by atoms with Crippen molar-refractivity contribution in [2.45, 2.75) is 6.61 Å². The van der Waals surface area contributed by atoms with Gasteiger partial charge in [-0.2, -0.15) is 5.10 Å². The number of nitrogens with zero attached hydrogens (tertiary/aromatic N) is 2. The molecule has 0 aliphatic carbocycles. The molecule has 0 unspecified atom stereocenters. The molecule has 3 aromatic rings. The highest BCUT2D eigenvalue weighted by Gasteiger charge is 2.07. The van der Waals surface area contributed by atoms with E-state index in [1.165, 1.54) is 12.4 Å². The van der Waals surface area contributed by atoms with Crippen LogP contribution in [0.25, 0.3) is 0 Å². The maximum absolute atomic E-state index is 11.9. The Hall–Kier alpha value is -3.38. The fourth-order valence-electron chi connectivity index (χ4n) is 2.38. The second-order valence-corrected chi connectivity index (χ2v) is 6.14. The number of nitrogens with one attached hydrogen (secondary N) is 1. The molecule has 0 aliphatic rings. The maximum atomic E-state index is 11.9. The van der Waals surface area contributed by atoms with Crippen LogP contribution in [0.4, 0.5) is 0 Å². The van der Waals surface area contributed by atoms with Crippen molar-refractivity contribution in [2.75, 3.05) is 7.11 Å². The van der Waals surface area contributed by atoms with E-state index >= 15 is 0 Å². The molecule has 1 heterocycles. The van der Waals surface area contributed by atoms with Crippen LogP contribution in [0.3, 0.4) is 0 Å². The minimum absolute atomic E-state index is 0.324. The monoisotopic (exact) mass is 395 g/mol. The Balaban J connectivity index is 1.64. The number of amides is 1. The first-order valence-electron chi connectivity index (χ1n) is 8.45. The number of hydrogen-bond acceptors (Lipinski definition) is 5. The lowest BCUT2D eigenvalue weighted by atomic mass is 10.2. The van der Waals surface area contributed by atoms with Gasteiger partial charge in [-0.1, -0.05) is 29.8 Å². The molecule has 1 N–H and O–H groups in total. The molecule has 0 aliphatic heterocycles. The summed E-state index contributed by atoms with van der Waals surface area (Å²) < 4.78 is 11.2. The quantitative estimate of drug-likeness (QED) is 0.483. The largest absolute Gasteiger partial charge is 0.493 e. The number of methoxy groups -OCH3 is 1. The van der Waals surface area contributed by atoms with E-state index in [9.17, 15) is 4.79 Å². The van der Waals surface area contributed by atoms with Crippen molar-refractivity contribution in [1.82, 2.24) is 10.4 Å². The number of benzene rings is 2. The Bertz CT molecular complexity index is 978. The lowest BCUT2D eigenvalue weighted by molar-refractivity contribution is 0.0955. The Morgan fingerprint density at radius 2 is 2.04 bits per heavy atom. The summed E-state index contributed by atoms with van der Waals surface area (Å²) in [6, 6.07) is 16.2. The third kappa shape index (κ3) is 5.08. The number of ether oxygens (including phenoxy) is 2. The van der Waals surface area contributed by atoms with Crippen LogP contribution in [0, 0.1) is 0 Å². The standard InChI is InChI=1S/C21H18ClN3O3/c1-27-20-11-15(12-24-25-21(26)16-6-4-10-23-13-16)8-9-19(20)28-14-17-5-2-3-7-18(17)22/h2-13H,14H2,1H3,(H,25,26)/b24-12-. The number of carbonyl (C=O) groups excluding carboxylic acids is 1. The molecule has 0 radical (unpaired) electrons. The van der Waals surface area contributed by atoms with Gasteiger partial charge in [0, 0.05) is 23.0 Å². The minimum atomic E-state index is -0.337. The van der Waals surface area contributed by atoms with E-state index in [0.29, 0.717) is 28.7 Å². The van der Waals surface area contributed by atoms with Gasteiger partial charge in [0.05, 0.1) is 18.9 Å². The van der Waals surface area contributed by atoms with E-state index in [4.69, 9.17) is 21.1 Å². The number of hydrazone groups is 1. The molecule has 142 valence electrons. The summed E-state index contributed by atoms with van der Waals surface area (Å²) in [6.07, 6.45) is 4.59. The molecule has 28 heavy (non-hydrogen) atoms. The van der Waals surface area contributed by atoms with Crippen molar-refractivity contribution in [3.8, 4) is 11.5 Å². The Kier molecular flexibility index (Phi) is 6.59. The van der Waals surface area contributed by atoms with Crippen LogP contribution in [-0.4, -0.2) is 24.2 Å². The summed E-state index contributed by atoms with van der Waals surface area (Å²) in [6.45, 7) is 0.324. The highest BCUT2D eigenvalue weighted by molar-refractivity contribution is 6.31. The fraction of sp³-hybridized carbons (Fsp3) is 0.0952. The Labute approximate surface area is 167 Å². The molecule has 0 saturated heterocycles. The van der Waals surface area contributed by atoms with Gasteiger partial charge in [0.2, 0.25) is 0 Å². The summed E-state index contributed by atoms with van der Waals surface area (Å²) in [4.78, 5) is 15.8. The smallest absolute Gasteiger partial charge is 0.272 e. The number of halogens is 1. The van der Waals surface area contributed by atoms with Crippen molar-refractivity contribution in [3.63, 3.8) is 0 Å². The second-order valence-electron chi connectivity index (χ2n) is 5.73. The third-order valence-corrected chi connectivity index (χ3v) is 4.20. The SMILES string of the molecule is COc1cc(/C=N\NC(=O)c2cccnc2)ccc1OCc1ccccc1Cl. The van der Waals surface area contributed by atoms with E-state index in [-0.39, 0.29) is 5.91 Å². The molecule has 1 amide bonds. The van der Waals surface area contributed by atoms with E-state index in [0.717, 1.165) is 11.1 Å². The lowest BCUT2D eigenvalue weighted by Crippen LogP contribution is -2.17. The molecule has 7 heteroatoms. The Morgan fingerprint density at radius 3 is 2.79 bits per heavy atom. The number of pyridine rings is 1. The number of rotatable bonds is 7. The fourth-order valence-corrected chi connectivity index (χ4v) is 2.57. The van der Waals surface area contributed by atoms with Gasteiger partial charge in [0.1, 0.15) is 6.61 Å². The number of aromatic nitrogens is 1. The topological polar surface area (TPSA) is 72.8 Å². The van der Waals surface area contributed by atoms with Crippen LogP contribution < -0.4 is 14.9 Å². The van der Waals surface area contributed by atoms with Gasteiger partial charge in [-0.15, -0.1) is 0 Å². The van der Waals surface area contributed by atoms with Gasteiger partial charge in [0.15, 0.2) is 11.5 Å².